The second-order valence-corrected chi connectivity index (χ2v) is 7.18. The molecule has 7 nitrogen and oxygen atoms in total. The summed E-state index contributed by atoms with van der Waals surface area (Å²) in [4.78, 5) is 5.25. The van der Waals surface area contributed by atoms with Gasteiger partial charge in [-0.25, -0.2) is 8.42 Å². The van der Waals surface area contributed by atoms with Crippen molar-refractivity contribution in [2.45, 2.75) is 11.8 Å². The van der Waals surface area contributed by atoms with Crippen LogP contribution in [0.15, 0.2) is 33.7 Å². The van der Waals surface area contributed by atoms with Gasteiger partial charge in [-0.15, -0.1) is 5.10 Å². The number of aromatic nitrogens is 4. The SMILES string of the molecule is Cc1nnsc1-c1nc(-c2ccc(S(C)(=O)=O)cc2)no1. The number of sulfone groups is 1. The molecule has 0 radical (unpaired) electrons. The van der Waals surface area contributed by atoms with Crippen LogP contribution in [0, 0.1) is 6.92 Å². The number of aryl methyl sites for hydroxylation is 1. The van der Waals surface area contributed by atoms with Crippen molar-refractivity contribution in [2.75, 3.05) is 6.26 Å². The molecule has 108 valence electrons. The molecule has 0 fully saturated rings. The Morgan fingerprint density at radius 1 is 1.19 bits per heavy atom. The third kappa shape index (κ3) is 2.69. The Morgan fingerprint density at radius 2 is 1.90 bits per heavy atom. The van der Waals surface area contributed by atoms with Gasteiger partial charge in [-0.3, -0.25) is 0 Å². The molecule has 3 aromatic rings. The van der Waals surface area contributed by atoms with Gasteiger partial charge in [0.1, 0.15) is 4.88 Å². The molecule has 0 aliphatic rings. The van der Waals surface area contributed by atoms with Crippen LogP contribution in [0.25, 0.3) is 22.2 Å². The average molecular weight is 322 g/mol. The van der Waals surface area contributed by atoms with E-state index < -0.39 is 9.84 Å². The van der Waals surface area contributed by atoms with Gasteiger partial charge >= 0.3 is 0 Å². The van der Waals surface area contributed by atoms with Gasteiger partial charge in [-0.1, -0.05) is 9.64 Å². The smallest absolute Gasteiger partial charge is 0.271 e. The average Bonchev–Trinajstić information content (AvgIpc) is 3.06. The summed E-state index contributed by atoms with van der Waals surface area (Å²) in [6.45, 7) is 1.81. The normalized spacial score (nSPS) is 11.7. The highest BCUT2D eigenvalue weighted by molar-refractivity contribution is 7.90. The van der Waals surface area contributed by atoms with Crippen molar-refractivity contribution in [1.29, 1.82) is 0 Å². The first-order valence-corrected chi connectivity index (χ1v) is 8.55. The second kappa shape index (κ2) is 5.01. The number of hydrogen-bond donors (Lipinski definition) is 0. The standard InChI is InChI=1S/C12H10N4O3S2/c1-7-10(20-16-14-7)12-13-11(15-19-12)8-3-5-9(6-4-8)21(2,17)18/h3-6H,1-2H3. The summed E-state index contributed by atoms with van der Waals surface area (Å²) in [6, 6.07) is 6.31. The third-order valence-corrected chi connectivity index (χ3v) is 4.76. The van der Waals surface area contributed by atoms with Crippen molar-refractivity contribution in [3.63, 3.8) is 0 Å². The van der Waals surface area contributed by atoms with E-state index in [1.807, 2.05) is 6.92 Å². The molecular weight excluding hydrogens is 312 g/mol. The molecule has 0 unspecified atom stereocenters. The van der Waals surface area contributed by atoms with Gasteiger partial charge in [0.15, 0.2) is 9.84 Å². The van der Waals surface area contributed by atoms with Gasteiger partial charge in [-0.2, -0.15) is 4.98 Å². The minimum atomic E-state index is -3.22. The van der Waals surface area contributed by atoms with Gasteiger partial charge in [0.25, 0.3) is 5.89 Å². The Labute approximate surface area is 124 Å². The van der Waals surface area contributed by atoms with Crippen LogP contribution < -0.4 is 0 Å². The van der Waals surface area contributed by atoms with E-state index in [4.69, 9.17) is 4.52 Å². The van der Waals surface area contributed by atoms with Crippen molar-refractivity contribution in [1.82, 2.24) is 19.7 Å². The molecule has 2 heterocycles. The minimum absolute atomic E-state index is 0.248. The Hall–Kier alpha value is -2.13. The zero-order valence-corrected chi connectivity index (χ0v) is 12.8. The van der Waals surface area contributed by atoms with Gasteiger partial charge < -0.3 is 4.52 Å². The topological polar surface area (TPSA) is 98.8 Å². The van der Waals surface area contributed by atoms with Crippen molar-refractivity contribution < 1.29 is 12.9 Å². The van der Waals surface area contributed by atoms with Gasteiger partial charge in [0, 0.05) is 11.8 Å². The lowest BCUT2D eigenvalue weighted by Gasteiger charge is -1.98. The summed E-state index contributed by atoms with van der Waals surface area (Å²) in [5.41, 5.74) is 1.40. The summed E-state index contributed by atoms with van der Waals surface area (Å²) in [5, 5.41) is 7.78. The van der Waals surface area contributed by atoms with E-state index in [0.717, 1.165) is 16.8 Å². The quantitative estimate of drug-likeness (QED) is 0.726. The molecule has 0 atom stereocenters. The van der Waals surface area contributed by atoms with Crippen molar-refractivity contribution in [3.8, 4) is 22.2 Å². The van der Waals surface area contributed by atoms with Gasteiger partial charge in [0.05, 0.1) is 10.6 Å². The molecule has 3 rings (SSSR count). The first kappa shape index (κ1) is 13.8. The van der Waals surface area contributed by atoms with E-state index in [1.54, 1.807) is 12.1 Å². The van der Waals surface area contributed by atoms with E-state index in [9.17, 15) is 8.42 Å². The van der Waals surface area contributed by atoms with Crippen LogP contribution in [0.3, 0.4) is 0 Å². The molecule has 0 aliphatic carbocycles. The lowest BCUT2D eigenvalue weighted by molar-refractivity contribution is 0.433. The van der Waals surface area contributed by atoms with E-state index in [-0.39, 0.29) is 4.90 Å². The molecule has 0 N–H and O–H groups in total. The summed E-state index contributed by atoms with van der Waals surface area (Å²) >= 11 is 1.18. The number of rotatable bonds is 3. The fourth-order valence-electron chi connectivity index (χ4n) is 1.71. The Balaban J connectivity index is 1.95. The fourth-order valence-corrected chi connectivity index (χ4v) is 2.92. The molecule has 0 saturated carbocycles. The van der Waals surface area contributed by atoms with Crippen molar-refractivity contribution in [2.24, 2.45) is 0 Å². The van der Waals surface area contributed by atoms with E-state index in [2.05, 4.69) is 19.7 Å². The van der Waals surface area contributed by atoms with Crippen LogP contribution in [0.4, 0.5) is 0 Å². The summed E-state index contributed by atoms with van der Waals surface area (Å²) in [7, 11) is -3.22. The molecule has 21 heavy (non-hydrogen) atoms. The minimum Gasteiger partial charge on any atom is -0.333 e. The highest BCUT2D eigenvalue weighted by Crippen LogP contribution is 2.26. The van der Waals surface area contributed by atoms with E-state index in [0.29, 0.717) is 17.3 Å². The maximum atomic E-state index is 11.4. The maximum absolute atomic E-state index is 11.4. The first-order chi connectivity index (χ1) is 9.95. The molecule has 0 aliphatic heterocycles. The van der Waals surface area contributed by atoms with Crippen molar-refractivity contribution in [3.05, 3.63) is 30.0 Å². The summed E-state index contributed by atoms with van der Waals surface area (Å²) in [5.74, 6) is 0.738. The first-order valence-electron chi connectivity index (χ1n) is 5.88. The third-order valence-electron chi connectivity index (χ3n) is 2.81. The predicted molar refractivity (Wildman–Crippen MR) is 76.5 cm³/mol. The monoisotopic (exact) mass is 322 g/mol. The highest BCUT2D eigenvalue weighted by atomic mass is 32.2. The summed E-state index contributed by atoms with van der Waals surface area (Å²) in [6.07, 6.45) is 1.16. The fraction of sp³-hybridized carbons (Fsp3) is 0.167. The van der Waals surface area contributed by atoms with Gasteiger partial charge in [-0.05, 0) is 42.7 Å². The number of nitrogens with zero attached hydrogens (tertiary/aromatic N) is 4. The number of benzene rings is 1. The molecular formula is C12H10N4O3S2. The molecule has 0 saturated heterocycles. The zero-order chi connectivity index (χ0) is 15.0. The Bertz CT molecular complexity index is 881. The second-order valence-electron chi connectivity index (χ2n) is 4.41. The van der Waals surface area contributed by atoms with E-state index >= 15 is 0 Å². The predicted octanol–water partition coefficient (Wildman–Crippen LogP) is 1.97. The molecule has 0 spiro atoms. The molecule has 2 aromatic heterocycles. The summed E-state index contributed by atoms with van der Waals surface area (Å²) < 4.78 is 31.8. The van der Waals surface area contributed by atoms with Crippen LogP contribution in [-0.4, -0.2) is 34.4 Å². The zero-order valence-electron chi connectivity index (χ0n) is 11.1. The Morgan fingerprint density at radius 3 is 2.48 bits per heavy atom. The molecule has 1 aromatic carbocycles. The Kier molecular flexibility index (Phi) is 3.30. The van der Waals surface area contributed by atoms with Crippen LogP contribution >= 0.6 is 11.5 Å². The van der Waals surface area contributed by atoms with Crippen LogP contribution in [0.2, 0.25) is 0 Å². The van der Waals surface area contributed by atoms with E-state index in [1.165, 1.54) is 23.7 Å². The lowest BCUT2D eigenvalue weighted by Crippen LogP contribution is -1.96. The van der Waals surface area contributed by atoms with Gasteiger partial charge in [0.2, 0.25) is 5.82 Å². The van der Waals surface area contributed by atoms with Crippen molar-refractivity contribution >= 4 is 21.4 Å². The van der Waals surface area contributed by atoms with Crippen LogP contribution in [0.1, 0.15) is 5.69 Å². The molecule has 9 heteroatoms. The molecule has 0 bridgehead atoms. The maximum Gasteiger partial charge on any atom is 0.271 e. The number of hydrogen-bond acceptors (Lipinski definition) is 8. The van der Waals surface area contributed by atoms with Crippen LogP contribution in [-0.2, 0) is 9.84 Å². The molecule has 0 amide bonds. The largest absolute Gasteiger partial charge is 0.333 e. The lowest BCUT2D eigenvalue weighted by atomic mass is 10.2. The highest BCUT2D eigenvalue weighted by Gasteiger charge is 2.16. The van der Waals surface area contributed by atoms with Crippen LogP contribution in [0.5, 0.6) is 0 Å².